The Morgan fingerprint density at radius 1 is 1.39 bits per heavy atom. The summed E-state index contributed by atoms with van der Waals surface area (Å²) in [4.78, 5) is 25.1. The van der Waals surface area contributed by atoms with Crippen LogP contribution in [-0.4, -0.2) is 35.8 Å². The van der Waals surface area contributed by atoms with E-state index >= 15 is 0 Å². The normalized spacial score (nSPS) is 28.2. The van der Waals surface area contributed by atoms with E-state index in [0.717, 1.165) is 25.8 Å². The smallest absolute Gasteiger partial charge is 0.246 e. The average Bonchev–Trinajstić information content (AvgIpc) is 2.66. The lowest BCUT2D eigenvalue weighted by Crippen LogP contribution is -2.41. The van der Waals surface area contributed by atoms with E-state index in [4.69, 9.17) is 0 Å². The van der Waals surface area contributed by atoms with Crippen LogP contribution in [0.15, 0.2) is 12.2 Å². The molecule has 18 heavy (non-hydrogen) atoms. The first kappa shape index (κ1) is 13.3. The lowest BCUT2D eigenvalue weighted by molar-refractivity contribution is -0.138. The Balaban J connectivity index is 1.81. The highest BCUT2D eigenvalue weighted by atomic mass is 16.2. The first-order chi connectivity index (χ1) is 8.72. The van der Waals surface area contributed by atoms with Crippen molar-refractivity contribution in [1.29, 1.82) is 0 Å². The van der Waals surface area contributed by atoms with Gasteiger partial charge in [0, 0.05) is 6.54 Å². The number of nitrogens with one attached hydrogen (secondary N) is 1. The van der Waals surface area contributed by atoms with Crippen LogP contribution in [-0.2, 0) is 9.59 Å². The Bertz CT molecular complexity index is 352. The molecule has 1 heterocycles. The third-order valence-corrected chi connectivity index (χ3v) is 3.72. The van der Waals surface area contributed by atoms with Gasteiger partial charge in [0.2, 0.25) is 11.8 Å². The molecule has 2 atom stereocenters. The molecule has 1 saturated heterocycles. The van der Waals surface area contributed by atoms with E-state index in [1.54, 1.807) is 0 Å². The van der Waals surface area contributed by atoms with Crippen LogP contribution in [0.1, 0.15) is 39.0 Å². The van der Waals surface area contributed by atoms with Crippen LogP contribution in [0, 0.1) is 5.92 Å². The second-order valence-corrected chi connectivity index (χ2v) is 5.20. The van der Waals surface area contributed by atoms with Crippen molar-refractivity contribution in [3.8, 4) is 0 Å². The van der Waals surface area contributed by atoms with Crippen LogP contribution in [0.2, 0.25) is 0 Å². The highest BCUT2D eigenvalue weighted by Gasteiger charge is 2.37. The molecule has 1 aliphatic carbocycles. The molecule has 0 aromatic carbocycles. The van der Waals surface area contributed by atoms with Crippen molar-refractivity contribution in [2.45, 2.75) is 45.1 Å². The second-order valence-electron chi connectivity index (χ2n) is 5.20. The number of likely N-dealkylation sites (tertiary alicyclic amines) is 1. The van der Waals surface area contributed by atoms with Gasteiger partial charge in [-0.1, -0.05) is 19.1 Å². The van der Waals surface area contributed by atoms with Crippen molar-refractivity contribution >= 4 is 11.8 Å². The minimum atomic E-state index is -0.282. The van der Waals surface area contributed by atoms with E-state index in [0.29, 0.717) is 18.9 Å². The fourth-order valence-electron chi connectivity index (χ4n) is 2.65. The number of imide groups is 1. The highest BCUT2D eigenvalue weighted by Crippen LogP contribution is 2.19. The van der Waals surface area contributed by atoms with Crippen molar-refractivity contribution in [2.75, 3.05) is 13.1 Å². The number of rotatable bonds is 5. The largest absolute Gasteiger partial charge is 0.305 e. The van der Waals surface area contributed by atoms with Crippen LogP contribution in [0.3, 0.4) is 0 Å². The molecule has 1 N–H and O–H groups in total. The summed E-state index contributed by atoms with van der Waals surface area (Å²) in [7, 11) is 0. The Kier molecular flexibility index (Phi) is 4.53. The van der Waals surface area contributed by atoms with Crippen molar-refractivity contribution in [2.24, 2.45) is 5.92 Å². The Morgan fingerprint density at radius 2 is 2.22 bits per heavy atom. The van der Waals surface area contributed by atoms with E-state index in [2.05, 4.69) is 17.5 Å². The Hall–Kier alpha value is -1.16. The number of hydrogen-bond acceptors (Lipinski definition) is 3. The predicted molar refractivity (Wildman–Crippen MR) is 69.9 cm³/mol. The van der Waals surface area contributed by atoms with Gasteiger partial charge in [-0.15, -0.1) is 0 Å². The van der Waals surface area contributed by atoms with Crippen LogP contribution in [0.4, 0.5) is 0 Å². The third kappa shape index (κ3) is 2.99. The van der Waals surface area contributed by atoms with E-state index in [9.17, 15) is 9.59 Å². The molecule has 0 spiro atoms. The maximum Gasteiger partial charge on any atom is 0.246 e. The number of carbonyl (C=O) groups excluding carboxylic acids is 2. The molecule has 0 aromatic rings. The third-order valence-electron chi connectivity index (χ3n) is 3.72. The van der Waals surface area contributed by atoms with Gasteiger partial charge >= 0.3 is 0 Å². The van der Waals surface area contributed by atoms with Gasteiger partial charge in [0.25, 0.3) is 0 Å². The molecule has 1 aliphatic heterocycles. The first-order valence-electron chi connectivity index (χ1n) is 6.95. The number of nitrogens with zero attached hydrogens (tertiary/aromatic N) is 1. The molecule has 2 amide bonds. The molecular formula is C14H22N2O2. The molecule has 4 heteroatoms. The standard InChI is InChI=1S/C14H22N2O2/c1-2-8-16-13(17)9-12(14(16)18)15-10-11-6-4-3-5-7-11/h3-4,11-12,15H,2,5-10H2,1H3. The fraction of sp³-hybridized carbons (Fsp3) is 0.714. The summed E-state index contributed by atoms with van der Waals surface area (Å²) in [5.74, 6) is 0.550. The maximum atomic E-state index is 12.0. The zero-order valence-corrected chi connectivity index (χ0v) is 11.0. The van der Waals surface area contributed by atoms with Gasteiger partial charge in [-0.25, -0.2) is 0 Å². The van der Waals surface area contributed by atoms with Crippen molar-refractivity contribution < 1.29 is 9.59 Å². The minimum absolute atomic E-state index is 0.0251. The molecule has 0 saturated carbocycles. The summed E-state index contributed by atoms with van der Waals surface area (Å²) in [5.41, 5.74) is 0. The Morgan fingerprint density at radius 3 is 2.89 bits per heavy atom. The first-order valence-corrected chi connectivity index (χ1v) is 6.95. The topological polar surface area (TPSA) is 49.4 Å². The van der Waals surface area contributed by atoms with Crippen molar-refractivity contribution in [3.63, 3.8) is 0 Å². The monoisotopic (exact) mass is 250 g/mol. The molecule has 4 nitrogen and oxygen atoms in total. The van der Waals surface area contributed by atoms with Gasteiger partial charge in [0.05, 0.1) is 12.5 Å². The molecular weight excluding hydrogens is 228 g/mol. The zero-order valence-electron chi connectivity index (χ0n) is 11.0. The molecule has 0 aromatic heterocycles. The van der Waals surface area contributed by atoms with Crippen LogP contribution in [0.5, 0.6) is 0 Å². The summed E-state index contributed by atoms with van der Waals surface area (Å²) >= 11 is 0. The van der Waals surface area contributed by atoms with E-state index in [-0.39, 0.29) is 17.9 Å². The molecule has 2 rings (SSSR count). The van der Waals surface area contributed by atoms with Gasteiger partial charge < -0.3 is 5.32 Å². The summed E-state index contributed by atoms with van der Waals surface area (Å²) in [5, 5.41) is 3.27. The summed E-state index contributed by atoms with van der Waals surface area (Å²) < 4.78 is 0. The number of allylic oxidation sites excluding steroid dienone is 2. The molecule has 2 aliphatic rings. The quantitative estimate of drug-likeness (QED) is 0.594. The van der Waals surface area contributed by atoms with E-state index in [1.165, 1.54) is 11.3 Å². The Labute approximate surface area is 108 Å². The zero-order chi connectivity index (χ0) is 13.0. The lowest BCUT2D eigenvalue weighted by atomic mass is 9.94. The number of hydrogen-bond donors (Lipinski definition) is 1. The van der Waals surface area contributed by atoms with Crippen LogP contribution >= 0.6 is 0 Å². The van der Waals surface area contributed by atoms with E-state index in [1.807, 2.05) is 6.92 Å². The van der Waals surface area contributed by atoms with Gasteiger partial charge in [0.1, 0.15) is 0 Å². The predicted octanol–water partition coefficient (Wildman–Crippen LogP) is 1.47. The van der Waals surface area contributed by atoms with Crippen molar-refractivity contribution in [3.05, 3.63) is 12.2 Å². The van der Waals surface area contributed by atoms with E-state index < -0.39 is 0 Å². The van der Waals surface area contributed by atoms with Gasteiger partial charge in [-0.2, -0.15) is 0 Å². The van der Waals surface area contributed by atoms with Crippen LogP contribution < -0.4 is 5.32 Å². The molecule has 1 fully saturated rings. The average molecular weight is 250 g/mol. The van der Waals surface area contributed by atoms with Gasteiger partial charge in [-0.05, 0) is 38.1 Å². The second kappa shape index (κ2) is 6.14. The lowest BCUT2D eigenvalue weighted by Gasteiger charge is -2.20. The summed E-state index contributed by atoms with van der Waals surface area (Å²) in [6, 6.07) is -0.282. The molecule has 2 unspecified atom stereocenters. The highest BCUT2D eigenvalue weighted by molar-refractivity contribution is 6.05. The van der Waals surface area contributed by atoms with Gasteiger partial charge in [0.15, 0.2) is 0 Å². The minimum Gasteiger partial charge on any atom is -0.305 e. The summed E-state index contributed by atoms with van der Waals surface area (Å²) in [6.07, 6.45) is 8.98. The van der Waals surface area contributed by atoms with Crippen LogP contribution in [0.25, 0.3) is 0 Å². The van der Waals surface area contributed by atoms with Gasteiger partial charge in [-0.3, -0.25) is 14.5 Å². The number of carbonyl (C=O) groups is 2. The molecule has 0 bridgehead atoms. The number of amides is 2. The fourth-order valence-corrected chi connectivity index (χ4v) is 2.65. The molecule has 100 valence electrons. The maximum absolute atomic E-state index is 12.0. The molecule has 0 radical (unpaired) electrons. The SMILES string of the molecule is CCCN1C(=O)CC(NCC2CC=CCC2)C1=O. The summed E-state index contributed by atoms with van der Waals surface area (Å²) in [6.45, 7) is 3.38. The van der Waals surface area contributed by atoms with Crippen molar-refractivity contribution in [1.82, 2.24) is 10.2 Å².